The van der Waals surface area contributed by atoms with E-state index in [1.54, 1.807) is 25.5 Å². The Kier molecular flexibility index (Phi) is 7.70. The van der Waals surface area contributed by atoms with Crippen molar-refractivity contribution in [3.05, 3.63) is 75.2 Å². The number of carbonyl (C=O) groups is 2. The van der Waals surface area contributed by atoms with Gasteiger partial charge in [-0.15, -0.1) is 11.3 Å². The molecule has 0 N–H and O–H groups in total. The summed E-state index contributed by atoms with van der Waals surface area (Å²) in [6.45, 7) is 3.87. The fourth-order valence-electron chi connectivity index (χ4n) is 3.39. The number of carbonyl (C=O) groups excluding carboxylic acids is 2. The number of nitrogens with zero attached hydrogens (tertiary/aromatic N) is 3. The number of rotatable bonds is 8. The number of benzene rings is 1. The molecule has 1 amide bonds. The van der Waals surface area contributed by atoms with Crippen LogP contribution in [0.2, 0.25) is 0 Å². The normalized spacial score (nSPS) is 11.1. The molecule has 0 fully saturated rings. The van der Waals surface area contributed by atoms with Crippen molar-refractivity contribution in [2.75, 3.05) is 20.8 Å². The highest BCUT2D eigenvalue weighted by atomic mass is 32.1. The molecule has 0 saturated carbocycles. The second-order valence-electron chi connectivity index (χ2n) is 7.44. The molecule has 0 atom stereocenters. The van der Waals surface area contributed by atoms with Crippen LogP contribution in [-0.2, 0) is 20.9 Å². The zero-order valence-corrected chi connectivity index (χ0v) is 19.8. The molecule has 170 valence electrons. The molecule has 0 aliphatic carbocycles. The van der Waals surface area contributed by atoms with Crippen LogP contribution in [0.4, 0.5) is 0 Å². The molecule has 0 unspecified atom stereocenters. The zero-order valence-electron chi connectivity index (χ0n) is 19.0. The van der Waals surface area contributed by atoms with Gasteiger partial charge in [0.15, 0.2) is 6.61 Å². The van der Waals surface area contributed by atoms with Crippen LogP contribution in [0.3, 0.4) is 0 Å². The Balaban J connectivity index is 1.71. The number of nitriles is 1. The Labute approximate surface area is 197 Å². The second kappa shape index (κ2) is 10.7. The van der Waals surface area contributed by atoms with Crippen molar-refractivity contribution in [3.63, 3.8) is 0 Å². The lowest BCUT2D eigenvalue weighted by Crippen LogP contribution is -2.30. The van der Waals surface area contributed by atoms with Crippen molar-refractivity contribution in [3.8, 4) is 17.5 Å². The first-order chi connectivity index (χ1) is 15.8. The number of aromatic nitrogens is 1. The number of ether oxygens (including phenoxy) is 2. The van der Waals surface area contributed by atoms with Crippen molar-refractivity contribution in [2.24, 2.45) is 0 Å². The van der Waals surface area contributed by atoms with Crippen LogP contribution in [0, 0.1) is 25.2 Å². The molecule has 2 heterocycles. The lowest BCUT2D eigenvalue weighted by Gasteiger charge is -2.16. The minimum atomic E-state index is -0.829. The fourth-order valence-corrected chi connectivity index (χ4v) is 4.15. The quantitative estimate of drug-likeness (QED) is 0.283. The Morgan fingerprint density at radius 1 is 1.21 bits per heavy atom. The molecular weight excluding hydrogens is 438 g/mol. The first kappa shape index (κ1) is 23.8. The van der Waals surface area contributed by atoms with E-state index in [2.05, 4.69) is 0 Å². The van der Waals surface area contributed by atoms with Crippen molar-refractivity contribution in [2.45, 2.75) is 20.4 Å². The number of methoxy groups -OCH3 is 1. The van der Waals surface area contributed by atoms with E-state index in [4.69, 9.17) is 9.47 Å². The summed E-state index contributed by atoms with van der Waals surface area (Å²) in [6.07, 6.45) is 1.49. The molecule has 0 saturated heterocycles. The van der Waals surface area contributed by atoms with Gasteiger partial charge in [0.25, 0.3) is 5.91 Å². The largest absolute Gasteiger partial charge is 0.497 e. The van der Waals surface area contributed by atoms with Crippen molar-refractivity contribution in [1.29, 1.82) is 5.26 Å². The predicted molar refractivity (Wildman–Crippen MR) is 127 cm³/mol. The van der Waals surface area contributed by atoms with Gasteiger partial charge in [-0.2, -0.15) is 5.26 Å². The van der Waals surface area contributed by atoms with Crippen LogP contribution in [0.25, 0.3) is 11.8 Å². The van der Waals surface area contributed by atoms with Crippen LogP contribution >= 0.6 is 11.3 Å². The van der Waals surface area contributed by atoms with Crippen molar-refractivity contribution >= 4 is 29.3 Å². The fraction of sp³-hybridized carbons (Fsp3) is 0.240. The maximum Gasteiger partial charge on any atom is 0.349 e. The SMILES string of the molecule is COc1ccc(-n2c(C)cc(C=C(C#N)C(=O)OCC(=O)N(C)Cc3cccs3)c2C)cc1. The van der Waals surface area contributed by atoms with Gasteiger partial charge >= 0.3 is 5.97 Å². The average molecular weight is 464 g/mol. The van der Waals surface area contributed by atoms with E-state index in [1.807, 2.05) is 72.3 Å². The standard InChI is InChI=1S/C25H25N3O4S/c1-17-12-19(18(2)28(17)21-7-9-22(31-4)10-8-21)13-20(14-26)25(30)32-16-24(29)27(3)15-23-6-5-11-33-23/h5-13H,15-16H2,1-4H3. The molecule has 0 aliphatic heterocycles. The predicted octanol–water partition coefficient (Wildman–Crippen LogP) is 4.27. The average Bonchev–Trinajstić information content (AvgIpc) is 3.42. The summed E-state index contributed by atoms with van der Waals surface area (Å²) >= 11 is 1.55. The van der Waals surface area contributed by atoms with Crippen LogP contribution < -0.4 is 4.74 Å². The number of hydrogen-bond acceptors (Lipinski definition) is 6. The molecule has 33 heavy (non-hydrogen) atoms. The molecule has 8 heteroatoms. The maximum absolute atomic E-state index is 12.5. The lowest BCUT2D eigenvalue weighted by atomic mass is 10.1. The minimum absolute atomic E-state index is 0.168. The molecule has 3 rings (SSSR count). The van der Waals surface area contributed by atoms with E-state index in [1.165, 1.54) is 11.0 Å². The Hall–Kier alpha value is -3.83. The minimum Gasteiger partial charge on any atom is -0.497 e. The summed E-state index contributed by atoms with van der Waals surface area (Å²) in [5, 5.41) is 11.4. The smallest absolute Gasteiger partial charge is 0.349 e. The third-order valence-corrected chi connectivity index (χ3v) is 6.03. The monoisotopic (exact) mass is 463 g/mol. The number of likely N-dealkylation sites (N-methyl/N-ethyl adjacent to an activating group) is 1. The summed E-state index contributed by atoms with van der Waals surface area (Å²) in [5.74, 6) is -0.414. The number of thiophene rings is 1. The third kappa shape index (κ3) is 5.70. The van der Waals surface area contributed by atoms with E-state index in [-0.39, 0.29) is 11.5 Å². The van der Waals surface area contributed by atoms with Crippen molar-refractivity contribution < 1.29 is 19.1 Å². The highest BCUT2D eigenvalue weighted by Gasteiger charge is 2.18. The van der Waals surface area contributed by atoms with E-state index >= 15 is 0 Å². The van der Waals surface area contributed by atoms with Crippen molar-refractivity contribution in [1.82, 2.24) is 9.47 Å². The number of amides is 1. The van der Waals surface area contributed by atoms with Crippen LogP contribution in [0.1, 0.15) is 21.8 Å². The molecule has 0 spiro atoms. The second-order valence-corrected chi connectivity index (χ2v) is 8.47. The lowest BCUT2D eigenvalue weighted by molar-refractivity contribution is -0.148. The molecule has 0 radical (unpaired) electrons. The molecule has 0 bridgehead atoms. The van der Waals surface area contributed by atoms with Gasteiger partial charge in [0.2, 0.25) is 0 Å². The van der Waals surface area contributed by atoms with Crippen LogP contribution in [-0.4, -0.2) is 42.1 Å². The van der Waals surface area contributed by atoms with Gasteiger partial charge in [0.1, 0.15) is 17.4 Å². The summed E-state index contributed by atoms with van der Waals surface area (Å²) in [4.78, 5) is 27.3. The number of hydrogen-bond donors (Lipinski definition) is 0. The topological polar surface area (TPSA) is 84.6 Å². The Bertz CT molecular complexity index is 1200. The molecule has 3 aromatic rings. The van der Waals surface area contributed by atoms with Gasteiger partial charge in [-0.05, 0) is 67.3 Å². The van der Waals surface area contributed by atoms with Crippen LogP contribution in [0.5, 0.6) is 5.75 Å². The Morgan fingerprint density at radius 3 is 2.55 bits per heavy atom. The van der Waals surface area contributed by atoms with Gasteiger partial charge in [-0.3, -0.25) is 4.79 Å². The highest BCUT2D eigenvalue weighted by molar-refractivity contribution is 7.09. The third-order valence-electron chi connectivity index (χ3n) is 5.17. The van der Waals surface area contributed by atoms with E-state index in [0.717, 1.165) is 33.3 Å². The highest BCUT2D eigenvalue weighted by Crippen LogP contribution is 2.24. The van der Waals surface area contributed by atoms with Gasteiger partial charge < -0.3 is 18.9 Å². The first-order valence-corrected chi connectivity index (χ1v) is 11.1. The molecule has 7 nitrogen and oxygen atoms in total. The number of esters is 1. The number of aryl methyl sites for hydroxylation is 1. The summed E-state index contributed by atoms with van der Waals surface area (Å²) in [6, 6.07) is 15.2. The summed E-state index contributed by atoms with van der Waals surface area (Å²) in [7, 11) is 3.26. The molecular formula is C25H25N3O4S. The van der Waals surface area contributed by atoms with Gasteiger partial charge in [0, 0.05) is 29.0 Å². The van der Waals surface area contributed by atoms with Gasteiger partial charge in [-0.1, -0.05) is 6.07 Å². The summed E-state index contributed by atoms with van der Waals surface area (Å²) in [5.41, 5.74) is 3.30. The summed E-state index contributed by atoms with van der Waals surface area (Å²) < 4.78 is 12.4. The Morgan fingerprint density at radius 2 is 1.94 bits per heavy atom. The van der Waals surface area contributed by atoms with Gasteiger partial charge in [0.05, 0.1) is 13.7 Å². The zero-order chi connectivity index (χ0) is 24.0. The molecule has 2 aromatic heterocycles. The maximum atomic E-state index is 12.5. The van der Waals surface area contributed by atoms with Gasteiger partial charge in [-0.25, -0.2) is 4.79 Å². The molecule has 0 aliphatic rings. The first-order valence-electron chi connectivity index (χ1n) is 10.2. The molecule has 1 aromatic carbocycles. The van der Waals surface area contributed by atoms with E-state index < -0.39 is 12.6 Å². The van der Waals surface area contributed by atoms with E-state index in [9.17, 15) is 14.9 Å². The van der Waals surface area contributed by atoms with Crippen LogP contribution in [0.15, 0.2) is 53.4 Å². The van der Waals surface area contributed by atoms with E-state index in [0.29, 0.717) is 6.54 Å².